The Morgan fingerprint density at radius 1 is 1.41 bits per heavy atom. The zero-order valence-corrected chi connectivity index (χ0v) is 12.1. The van der Waals surface area contributed by atoms with E-state index in [2.05, 4.69) is 4.99 Å². The molecule has 0 saturated heterocycles. The third-order valence-electron chi connectivity index (χ3n) is 2.08. The molecule has 3 nitrogen and oxygen atoms in total. The summed E-state index contributed by atoms with van der Waals surface area (Å²) in [5.74, 6) is 0.377. The van der Waals surface area contributed by atoms with E-state index in [0.717, 1.165) is 5.56 Å². The molecule has 1 rings (SSSR count). The largest absolute Gasteiger partial charge is 0.370 e. The fourth-order valence-electron chi connectivity index (χ4n) is 1.14. The summed E-state index contributed by atoms with van der Waals surface area (Å²) >= 11 is 0. The number of alkyl halides is 2. The van der Waals surface area contributed by atoms with Crippen LogP contribution >= 0.6 is 24.0 Å². The molecule has 0 heterocycles. The van der Waals surface area contributed by atoms with Gasteiger partial charge in [0.05, 0.1) is 6.54 Å². The molecule has 0 radical (unpaired) electrons. The molecule has 0 aliphatic carbocycles. The predicted molar refractivity (Wildman–Crippen MR) is 75.8 cm³/mol. The van der Waals surface area contributed by atoms with Gasteiger partial charge in [-0.05, 0) is 11.6 Å². The molecule has 1 aromatic carbocycles. The summed E-state index contributed by atoms with van der Waals surface area (Å²) in [5, 5.41) is 0. The van der Waals surface area contributed by atoms with Gasteiger partial charge in [-0.2, -0.15) is 0 Å². The molecule has 0 aromatic heterocycles. The van der Waals surface area contributed by atoms with E-state index >= 15 is 0 Å². The van der Waals surface area contributed by atoms with Crippen molar-refractivity contribution in [1.82, 2.24) is 4.90 Å². The van der Waals surface area contributed by atoms with Crippen LogP contribution < -0.4 is 5.73 Å². The third-order valence-corrected chi connectivity index (χ3v) is 2.08. The van der Waals surface area contributed by atoms with Gasteiger partial charge in [-0.1, -0.05) is 18.2 Å². The van der Waals surface area contributed by atoms with Gasteiger partial charge in [0.2, 0.25) is 0 Å². The molecule has 96 valence electrons. The van der Waals surface area contributed by atoms with Crippen LogP contribution in [0.2, 0.25) is 0 Å². The SMILES string of the molecule is CN(C)C(N)=NCc1cccc(C(F)F)c1.I. The molecule has 2 N–H and O–H groups in total. The molecule has 17 heavy (non-hydrogen) atoms. The number of aliphatic imine (C=N–C) groups is 1. The Morgan fingerprint density at radius 3 is 2.59 bits per heavy atom. The molecule has 0 unspecified atom stereocenters. The normalized spacial score (nSPS) is 11.2. The fraction of sp³-hybridized carbons (Fsp3) is 0.364. The van der Waals surface area contributed by atoms with E-state index in [1.54, 1.807) is 31.1 Å². The van der Waals surface area contributed by atoms with Crippen molar-refractivity contribution >= 4 is 29.9 Å². The summed E-state index contributed by atoms with van der Waals surface area (Å²) in [5.41, 5.74) is 6.32. The van der Waals surface area contributed by atoms with Crippen molar-refractivity contribution in [3.8, 4) is 0 Å². The Hall–Kier alpha value is -0.920. The van der Waals surface area contributed by atoms with Gasteiger partial charge in [-0.15, -0.1) is 24.0 Å². The van der Waals surface area contributed by atoms with Crippen LogP contribution in [0.3, 0.4) is 0 Å². The highest BCUT2D eigenvalue weighted by Crippen LogP contribution is 2.19. The molecular weight excluding hydrogens is 339 g/mol. The van der Waals surface area contributed by atoms with Gasteiger partial charge in [-0.3, -0.25) is 0 Å². The Balaban J connectivity index is 0.00000256. The van der Waals surface area contributed by atoms with Crippen LogP contribution in [0.25, 0.3) is 0 Å². The first-order valence-electron chi connectivity index (χ1n) is 4.85. The second kappa shape index (κ2) is 7.41. The lowest BCUT2D eigenvalue weighted by atomic mass is 10.1. The third kappa shape index (κ3) is 5.29. The number of nitrogens with zero attached hydrogens (tertiary/aromatic N) is 2. The highest BCUT2D eigenvalue weighted by molar-refractivity contribution is 14.0. The van der Waals surface area contributed by atoms with Crippen LogP contribution in [0, 0.1) is 0 Å². The highest BCUT2D eigenvalue weighted by Gasteiger charge is 2.06. The lowest BCUT2D eigenvalue weighted by molar-refractivity contribution is 0.151. The topological polar surface area (TPSA) is 41.6 Å². The zero-order chi connectivity index (χ0) is 12.1. The number of rotatable bonds is 3. The van der Waals surface area contributed by atoms with E-state index in [1.165, 1.54) is 12.1 Å². The summed E-state index contributed by atoms with van der Waals surface area (Å²) in [6, 6.07) is 6.18. The first-order chi connectivity index (χ1) is 7.50. The lowest BCUT2D eigenvalue weighted by Gasteiger charge is -2.10. The number of guanidine groups is 1. The Morgan fingerprint density at radius 2 is 2.06 bits per heavy atom. The van der Waals surface area contributed by atoms with Crippen molar-refractivity contribution in [2.24, 2.45) is 10.7 Å². The minimum Gasteiger partial charge on any atom is -0.370 e. The van der Waals surface area contributed by atoms with Gasteiger partial charge < -0.3 is 10.6 Å². The molecule has 0 fully saturated rings. The first-order valence-corrected chi connectivity index (χ1v) is 4.85. The molecule has 0 amide bonds. The quantitative estimate of drug-likeness (QED) is 0.515. The summed E-state index contributed by atoms with van der Waals surface area (Å²) in [4.78, 5) is 5.73. The molecular formula is C11H16F2IN3. The monoisotopic (exact) mass is 355 g/mol. The number of benzene rings is 1. The van der Waals surface area contributed by atoms with Gasteiger partial charge >= 0.3 is 0 Å². The van der Waals surface area contributed by atoms with Crippen LogP contribution in [0.4, 0.5) is 8.78 Å². The smallest absolute Gasteiger partial charge is 0.263 e. The minimum atomic E-state index is -2.45. The number of nitrogens with two attached hydrogens (primary N) is 1. The predicted octanol–water partition coefficient (Wildman–Crippen LogP) is 2.62. The Bertz CT molecular complexity index is 381. The summed E-state index contributed by atoms with van der Waals surface area (Å²) < 4.78 is 24.8. The van der Waals surface area contributed by atoms with Crippen LogP contribution in [0.1, 0.15) is 17.6 Å². The zero-order valence-electron chi connectivity index (χ0n) is 9.73. The first kappa shape index (κ1) is 16.1. The molecule has 0 saturated carbocycles. The second-order valence-corrected chi connectivity index (χ2v) is 3.61. The van der Waals surface area contributed by atoms with Crippen LogP contribution in [0.15, 0.2) is 29.3 Å². The van der Waals surface area contributed by atoms with Gasteiger partial charge in [0, 0.05) is 19.7 Å². The number of hydrogen-bond donors (Lipinski definition) is 1. The van der Waals surface area contributed by atoms with E-state index in [0.29, 0.717) is 12.5 Å². The van der Waals surface area contributed by atoms with Crippen molar-refractivity contribution < 1.29 is 8.78 Å². The van der Waals surface area contributed by atoms with Crippen LogP contribution in [-0.4, -0.2) is 25.0 Å². The molecule has 0 aliphatic rings. The molecule has 1 aromatic rings. The van der Waals surface area contributed by atoms with E-state index < -0.39 is 6.43 Å². The maximum Gasteiger partial charge on any atom is 0.263 e. The number of halogens is 3. The van der Waals surface area contributed by atoms with Crippen molar-refractivity contribution in [3.05, 3.63) is 35.4 Å². The van der Waals surface area contributed by atoms with Crippen molar-refractivity contribution in [1.29, 1.82) is 0 Å². The van der Waals surface area contributed by atoms with Gasteiger partial charge in [0.25, 0.3) is 6.43 Å². The fourth-order valence-corrected chi connectivity index (χ4v) is 1.14. The standard InChI is InChI=1S/C11H15F2N3.HI/c1-16(2)11(14)15-7-8-4-3-5-9(6-8)10(12)13;/h3-6,10H,7H2,1-2H3,(H2,14,15);1H. The van der Waals surface area contributed by atoms with Crippen LogP contribution in [-0.2, 0) is 6.54 Å². The summed E-state index contributed by atoms with van der Waals surface area (Å²) in [6.07, 6.45) is -2.45. The van der Waals surface area contributed by atoms with Gasteiger partial charge in [0.1, 0.15) is 0 Å². The van der Waals surface area contributed by atoms with Gasteiger partial charge in [-0.25, -0.2) is 13.8 Å². The molecule has 0 atom stereocenters. The second-order valence-electron chi connectivity index (χ2n) is 3.61. The average molecular weight is 355 g/mol. The highest BCUT2D eigenvalue weighted by atomic mass is 127. The van der Waals surface area contributed by atoms with Crippen LogP contribution in [0.5, 0.6) is 0 Å². The lowest BCUT2D eigenvalue weighted by Crippen LogP contribution is -2.30. The molecule has 0 spiro atoms. The van der Waals surface area contributed by atoms with Crippen molar-refractivity contribution in [3.63, 3.8) is 0 Å². The van der Waals surface area contributed by atoms with Gasteiger partial charge in [0.15, 0.2) is 5.96 Å². The summed E-state index contributed by atoms with van der Waals surface area (Å²) in [7, 11) is 3.54. The Labute approximate surface area is 117 Å². The van der Waals surface area contributed by atoms with Crippen molar-refractivity contribution in [2.75, 3.05) is 14.1 Å². The molecule has 0 bridgehead atoms. The van der Waals surface area contributed by atoms with Crippen molar-refractivity contribution in [2.45, 2.75) is 13.0 Å². The Kier molecular flexibility index (Phi) is 7.01. The molecule has 0 aliphatic heterocycles. The van der Waals surface area contributed by atoms with E-state index in [-0.39, 0.29) is 29.5 Å². The van der Waals surface area contributed by atoms with E-state index in [4.69, 9.17) is 5.73 Å². The number of hydrogen-bond acceptors (Lipinski definition) is 1. The van der Waals surface area contributed by atoms with E-state index in [9.17, 15) is 8.78 Å². The van der Waals surface area contributed by atoms with E-state index in [1.807, 2.05) is 0 Å². The minimum absolute atomic E-state index is 0. The average Bonchev–Trinajstić information content (AvgIpc) is 2.26. The molecule has 6 heteroatoms. The maximum atomic E-state index is 12.4. The summed E-state index contributed by atoms with van der Waals surface area (Å²) in [6.45, 7) is 0.310. The maximum absolute atomic E-state index is 12.4.